The zero-order chi connectivity index (χ0) is 48.5. The summed E-state index contributed by atoms with van der Waals surface area (Å²) in [7, 11) is 0. The molecule has 0 saturated carbocycles. The average Bonchev–Trinajstić information content (AvgIpc) is 3.76. The van der Waals surface area contributed by atoms with Crippen LogP contribution in [-0.4, -0.2) is 14.5 Å². The smallest absolute Gasteiger partial charge is 0.160 e. The van der Waals surface area contributed by atoms with Gasteiger partial charge in [0.1, 0.15) is 0 Å². The lowest BCUT2D eigenvalue weighted by Gasteiger charge is -2.26. The largest absolute Gasteiger partial charge is 0.310 e. The highest BCUT2D eigenvalue weighted by molar-refractivity contribution is 6.12. The van der Waals surface area contributed by atoms with Gasteiger partial charge in [0.2, 0.25) is 0 Å². The molecular formula is C67H51N5. The van der Waals surface area contributed by atoms with Crippen molar-refractivity contribution in [2.75, 3.05) is 9.80 Å². The highest BCUT2D eigenvalue weighted by atomic mass is 15.1. The molecule has 10 aromatic carbocycles. The van der Waals surface area contributed by atoms with Gasteiger partial charge in [-0.25, -0.2) is 9.97 Å². The van der Waals surface area contributed by atoms with Crippen LogP contribution in [0.5, 0.6) is 0 Å². The Balaban J connectivity index is 0.974. The van der Waals surface area contributed by atoms with E-state index in [0.29, 0.717) is 5.82 Å². The maximum atomic E-state index is 5.08. The number of hydrogen-bond acceptors (Lipinski definition) is 4. The van der Waals surface area contributed by atoms with Gasteiger partial charge in [-0.2, -0.15) is 0 Å². The van der Waals surface area contributed by atoms with E-state index in [1.54, 1.807) is 0 Å². The molecule has 72 heavy (non-hydrogen) atoms. The molecular weight excluding hydrogens is 875 g/mol. The number of rotatable bonds is 11. The van der Waals surface area contributed by atoms with Crippen molar-refractivity contribution in [3.63, 3.8) is 0 Å². The average molecular weight is 926 g/mol. The maximum absolute atomic E-state index is 5.08. The van der Waals surface area contributed by atoms with Crippen LogP contribution in [0, 0.1) is 20.8 Å². The molecule has 0 radical (unpaired) electrons. The summed E-state index contributed by atoms with van der Waals surface area (Å²) in [5.41, 5.74) is 20.8. The van der Waals surface area contributed by atoms with Gasteiger partial charge in [0, 0.05) is 67.3 Å². The molecule has 0 aliphatic rings. The lowest BCUT2D eigenvalue weighted by Crippen LogP contribution is -2.10. The van der Waals surface area contributed by atoms with Gasteiger partial charge in [-0.3, -0.25) is 0 Å². The number of nitrogens with zero attached hydrogens (tertiary/aromatic N) is 5. The molecule has 5 nitrogen and oxygen atoms in total. The Bertz CT molecular complexity index is 3650. The molecule has 344 valence electrons. The fourth-order valence-corrected chi connectivity index (χ4v) is 9.96. The summed E-state index contributed by atoms with van der Waals surface area (Å²) in [5.74, 6) is 0.708. The second-order valence-corrected chi connectivity index (χ2v) is 18.5. The lowest BCUT2D eigenvalue weighted by molar-refractivity contribution is 1.15. The van der Waals surface area contributed by atoms with Crippen molar-refractivity contribution in [2.45, 2.75) is 20.8 Å². The Kier molecular flexibility index (Phi) is 11.5. The summed E-state index contributed by atoms with van der Waals surface area (Å²) in [5, 5.41) is 2.34. The van der Waals surface area contributed by atoms with Crippen molar-refractivity contribution in [1.29, 1.82) is 0 Å². The first-order valence-corrected chi connectivity index (χ1v) is 24.6. The summed E-state index contributed by atoms with van der Waals surface area (Å²) in [6, 6.07) is 91.1. The van der Waals surface area contributed by atoms with Crippen LogP contribution in [0.3, 0.4) is 0 Å². The van der Waals surface area contributed by atoms with Gasteiger partial charge >= 0.3 is 0 Å². The second kappa shape index (κ2) is 18.9. The van der Waals surface area contributed by atoms with E-state index in [4.69, 9.17) is 9.97 Å². The molecule has 0 unspecified atom stereocenters. The Morgan fingerprint density at radius 2 is 0.694 bits per heavy atom. The number of para-hydroxylation sites is 2. The number of benzene rings is 10. The summed E-state index contributed by atoms with van der Waals surface area (Å²) in [6.07, 6.45) is 0. The number of aryl methyl sites for hydroxylation is 3. The first-order chi connectivity index (χ1) is 35.4. The highest BCUT2D eigenvalue weighted by Crippen LogP contribution is 2.43. The minimum Gasteiger partial charge on any atom is -0.310 e. The number of anilines is 6. The van der Waals surface area contributed by atoms with Crippen molar-refractivity contribution in [1.82, 2.24) is 14.5 Å². The monoisotopic (exact) mass is 925 g/mol. The standard InChI is InChI=1S/C67H51N5/c1-46-24-33-56(34-25-46)70(54-20-12-6-13-21-54)58-37-40-65-60(43-58)61-44-59(71(55-22-14-7-15-23-55)57-35-26-47(2)27-36-57)38-41-66(61)72(65)64-39-32-53(42-48(64)3)49-28-30-51(31-29-49)63-45-62(50-16-8-4-9-17-50)68-67(69-63)52-18-10-5-11-19-52/h4-45H,1-3H3. The van der Waals surface area contributed by atoms with E-state index >= 15 is 0 Å². The van der Waals surface area contributed by atoms with Gasteiger partial charge in [0.25, 0.3) is 0 Å². The maximum Gasteiger partial charge on any atom is 0.160 e. The third-order valence-corrected chi connectivity index (χ3v) is 13.6. The van der Waals surface area contributed by atoms with Crippen LogP contribution < -0.4 is 9.80 Å². The molecule has 12 aromatic rings. The van der Waals surface area contributed by atoms with E-state index in [9.17, 15) is 0 Å². The molecule has 0 aliphatic carbocycles. The van der Waals surface area contributed by atoms with Crippen molar-refractivity contribution in [3.8, 4) is 50.7 Å². The van der Waals surface area contributed by atoms with Gasteiger partial charge in [0.05, 0.1) is 22.4 Å². The van der Waals surface area contributed by atoms with Crippen LogP contribution in [0.15, 0.2) is 255 Å². The minimum absolute atomic E-state index is 0.708. The first-order valence-electron chi connectivity index (χ1n) is 24.6. The molecule has 5 heteroatoms. The topological polar surface area (TPSA) is 37.2 Å². The zero-order valence-electron chi connectivity index (χ0n) is 40.5. The minimum atomic E-state index is 0.708. The van der Waals surface area contributed by atoms with Crippen molar-refractivity contribution in [2.24, 2.45) is 0 Å². The van der Waals surface area contributed by atoms with E-state index < -0.39 is 0 Å². The van der Waals surface area contributed by atoms with Crippen LogP contribution in [0.25, 0.3) is 72.5 Å². The summed E-state index contributed by atoms with van der Waals surface area (Å²) < 4.78 is 2.45. The number of fused-ring (bicyclic) bond motifs is 3. The van der Waals surface area contributed by atoms with Gasteiger partial charge in [0.15, 0.2) is 5.82 Å². The Morgan fingerprint density at radius 3 is 1.17 bits per heavy atom. The summed E-state index contributed by atoms with van der Waals surface area (Å²) >= 11 is 0. The molecule has 0 fully saturated rings. The van der Waals surface area contributed by atoms with Gasteiger partial charge < -0.3 is 14.4 Å². The highest BCUT2D eigenvalue weighted by Gasteiger charge is 2.21. The fourth-order valence-electron chi connectivity index (χ4n) is 9.96. The Hall–Kier alpha value is -9.32. The van der Waals surface area contributed by atoms with Crippen molar-refractivity contribution < 1.29 is 0 Å². The van der Waals surface area contributed by atoms with Gasteiger partial charge in [-0.1, -0.05) is 163 Å². The quantitative estimate of drug-likeness (QED) is 0.130. The molecule has 0 spiro atoms. The SMILES string of the molecule is Cc1ccc(N(c2ccccc2)c2ccc3c(c2)c2cc(N(c4ccccc4)c4ccc(C)cc4)ccc2n3-c2ccc(-c3ccc(-c4cc(-c5ccccc5)nc(-c5ccccc5)n4)cc3)cc2C)cc1. The second-order valence-electron chi connectivity index (χ2n) is 18.5. The molecule has 2 heterocycles. The third-order valence-electron chi connectivity index (χ3n) is 13.6. The molecule has 0 saturated heterocycles. The first kappa shape index (κ1) is 43.9. The molecule has 0 atom stereocenters. The van der Waals surface area contributed by atoms with Crippen LogP contribution >= 0.6 is 0 Å². The fraction of sp³-hybridized carbons (Fsp3) is 0.0448. The lowest BCUT2D eigenvalue weighted by atomic mass is 9.99. The predicted molar refractivity (Wildman–Crippen MR) is 302 cm³/mol. The molecule has 0 N–H and O–H groups in total. The molecule has 12 rings (SSSR count). The van der Waals surface area contributed by atoms with Crippen LogP contribution in [0.1, 0.15) is 16.7 Å². The van der Waals surface area contributed by atoms with E-state index in [2.05, 4.69) is 266 Å². The van der Waals surface area contributed by atoms with Crippen LogP contribution in [-0.2, 0) is 0 Å². The van der Waals surface area contributed by atoms with E-state index in [1.807, 2.05) is 24.3 Å². The number of hydrogen-bond donors (Lipinski definition) is 0. The van der Waals surface area contributed by atoms with Crippen molar-refractivity contribution in [3.05, 3.63) is 271 Å². The zero-order valence-corrected chi connectivity index (χ0v) is 40.5. The van der Waals surface area contributed by atoms with Gasteiger partial charge in [-0.05, 0) is 141 Å². The van der Waals surface area contributed by atoms with E-state index in [1.165, 1.54) is 27.5 Å². The normalized spacial score (nSPS) is 11.3. The Labute approximate surface area is 421 Å². The van der Waals surface area contributed by atoms with E-state index in [-0.39, 0.29) is 0 Å². The predicted octanol–water partition coefficient (Wildman–Crippen LogP) is 18.1. The van der Waals surface area contributed by atoms with Crippen LogP contribution in [0.4, 0.5) is 34.1 Å². The third kappa shape index (κ3) is 8.48. The summed E-state index contributed by atoms with van der Waals surface area (Å²) in [4.78, 5) is 14.8. The molecule has 0 bridgehead atoms. The molecule has 2 aromatic heterocycles. The number of aromatic nitrogens is 3. The Morgan fingerprint density at radius 1 is 0.306 bits per heavy atom. The molecule has 0 aliphatic heterocycles. The van der Waals surface area contributed by atoms with Gasteiger partial charge in [-0.15, -0.1) is 0 Å². The van der Waals surface area contributed by atoms with Crippen molar-refractivity contribution >= 4 is 55.9 Å². The summed E-state index contributed by atoms with van der Waals surface area (Å²) in [6.45, 7) is 6.51. The van der Waals surface area contributed by atoms with E-state index in [0.717, 1.165) is 90.1 Å². The molecule has 0 amide bonds. The van der Waals surface area contributed by atoms with Crippen LogP contribution in [0.2, 0.25) is 0 Å².